The van der Waals surface area contributed by atoms with Crippen LogP contribution < -0.4 is 10.9 Å². The lowest BCUT2D eigenvalue weighted by molar-refractivity contribution is 0.0941. The Hall–Kier alpha value is -2.07. The summed E-state index contributed by atoms with van der Waals surface area (Å²) in [5.74, 6) is -0.282. The van der Waals surface area contributed by atoms with Crippen molar-refractivity contribution in [2.24, 2.45) is 7.05 Å². The predicted molar refractivity (Wildman–Crippen MR) is 74.3 cm³/mol. The molecule has 2 aromatic rings. The molecular formula is C14H13ClN2O2. The summed E-state index contributed by atoms with van der Waals surface area (Å²) in [5, 5.41) is 3.41. The van der Waals surface area contributed by atoms with E-state index in [0.717, 1.165) is 5.56 Å². The molecule has 0 radical (unpaired) electrons. The topological polar surface area (TPSA) is 51.1 Å². The first-order valence-corrected chi connectivity index (χ1v) is 6.14. The number of nitrogens with zero attached hydrogens (tertiary/aromatic N) is 1. The smallest absolute Gasteiger partial charge is 0.268 e. The monoisotopic (exact) mass is 276 g/mol. The quantitative estimate of drug-likeness (QED) is 0.932. The van der Waals surface area contributed by atoms with Crippen LogP contribution in [0.4, 0.5) is 0 Å². The third-order valence-electron chi connectivity index (χ3n) is 2.78. The summed E-state index contributed by atoms with van der Waals surface area (Å²) in [5.41, 5.74) is 1.07. The van der Waals surface area contributed by atoms with E-state index in [-0.39, 0.29) is 11.5 Å². The minimum absolute atomic E-state index is 0.209. The van der Waals surface area contributed by atoms with Crippen molar-refractivity contribution in [3.05, 3.63) is 69.1 Å². The van der Waals surface area contributed by atoms with Gasteiger partial charge in [-0.2, -0.15) is 0 Å². The second kappa shape index (κ2) is 5.71. The fourth-order valence-electron chi connectivity index (χ4n) is 1.67. The van der Waals surface area contributed by atoms with Gasteiger partial charge in [0, 0.05) is 24.7 Å². The molecule has 0 unspecified atom stereocenters. The van der Waals surface area contributed by atoms with Crippen LogP contribution >= 0.6 is 11.6 Å². The van der Waals surface area contributed by atoms with E-state index in [1.165, 1.54) is 10.6 Å². The predicted octanol–water partition coefficient (Wildman–Crippen LogP) is 1.97. The van der Waals surface area contributed by atoms with Crippen LogP contribution in [0.1, 0.15) is 16.1 Å². The molecule has 19 heavy (non-hydrogen) atoms. The zero-order chi connectivity index (χ0) is 13.8. The molecule has 0 aliphatic carbocycles. The molecule has 0 saturated heterocycles. The van der Waals surface area contributed by atoms with Gasteiger partial charge in [-0.15, -0.1) is 0 Å². The minimum Gasteiger partial charge on any atom is -0.347 e. The number of benzene rings is 1. The Labute approximate surface area is 115 Å². The molecule has 0 bridgehead atoms. The van der Waals surface area contributed by atoms with Gasteiger partial charge < -0.3 is 9.88 Å². The SMILES string of the molecule is Cn1c(C(=O)NCc2ccc(Cl)cc2)cccc1=O. The van der Waals surface area contributed by atoms with E-state index < -0.39 is 0 Å². The van der Waals surface area contributed by atoms with Gasteiger partial charge in [-0.1, -0.05) is 29.8 Å². The van der Waals surface area contributed by atoms with Crippen LogP contribution in [0.15, 0.2) is 47.3 Å². The van der Waals surface area contributed by atoms with Gasteiger partial charge in [-0.3, -0.25) is 9.59 Å². The van der Waals surface area contributed by atoms with Crippen molar-refractivity contribution < 1.29 is 4.79 Å². The van der Waals surface area contributed by atoms with E-state index in [9.17, 15) is 9.59 Å². The van der Waals surface area contributed by atoms with Crippen LogP contribution in [-0.4, -0.2) is 10.5 Å². The lowest BCUT2D eigenvalue weighted by Gasteiger charge is -2.08. The Morgan fingerprint density at radius 1 is 1.21 bits per heavy atom. The third kappa shape index (κ3) is 3.23. The number of hydrogen-bond acceptors (Lipinski definition) is 2. The number of carbonyl (C=O) groups excluding carboxylic acids is 1. The van der Waals surface area contributed by atoms with Crippen LogP contribution in [0.25, 0.3) is 0 Å². The fourth-order valence-corrected chi connectivity index (χ4v) is 1.79. The third-order valence-corrected chi connectivity index (χ3v) is 3.04. The maximum absolute atomic E-state index is 12.0. The Kier molecular flexibility index (Phi) is 4.02. The minimum atomic E-state index is -0.282. The molecule has 5 heteroatoms. The number of pyridine rings is 1. The number of carbonyl (C=O) groups is 1. The van der Waals surface area contributed by atoms with E-state index in [0.29, 0.717) is 17.3 Å². The summed E-state index contributed by atoms with van der Waals surface area (Å²) in [4.78, 5) is 23.4. The average molecular weight is 277 g/mol. The van der Waals surface area contributed by atoms with Gasteiger partial charge in [0.05, 0.1) is 0 Å². The number of aromatic nitrogens is 1. The van der Waals surface area contributed by atoms with Crippen LogP contribution in [0.3, 0.4) is 0 Å². The summed E-state index contributed by atoms with van der Waals surface area (Å²) in [7, 11) is 1.57. The summed E-state index contributed by atoms with van der Waals surface area (Å²) in [6, 6.07) is 11.8. The Balaban J connectivity index is 2.07. The summed E-state index contributed by atoms with van der Waals surface area (Å²) in [6.45, 7) is 0.388. The highest BCUT2D eigenvalue weighted by Crippen LogP contribution is 2.09. The van der Waals surface area contributed by atoms with E-state index in [2.05, 4.69) is 5.32 Å². The lowest BCUT2D eigenvalue weighted by atomic mass is 10.2. The van der Waals surface area contributed by atoms with E-state index >= 15 is 0 Å². The van der Waals surface area contributed by atoms with Crippen molar-refractivity contribution >= 4 is 17.5 Å². The molecule has 1 aromatic carbocycles. The van der Waals surface area contributed by atoms with E-state index in [4.69, 9.17) is 11.6 Å². The highest BCUT2D eigenvalue weighted by molar-refractivity contribution is 6.30. The molecule has 98 valence electrons. The molecule has 1 heterocycles. The highest BCUT2D eigenvalue weighted by atomic mass is 35.5. The van der Waals surface area contributed by atoms with Crippen molar-refractivity contribution in [3.63, 3.8) is 0 Å². The molecule has 0 saturated carbocycles. The van der Waals surface area contributed by atoms with Gasteiger partial charge in [0.2, 0.25) is 0 Å². The largest absolute Gasteiger partial charge is 0.347 e. The van der Waals surface area contributed by atoms with Crippen molar-refractivity contribution in [3.8, 4) is 0 Å². The molecule has 2 rings (SSSR count). The molecule has 1 amide bonds. The molecule has 0 fully saturated rings. The van der Waals surface area contributed by atoms with Crippen LogP contribution in [-0.2, 0) is 13.6 Å². The standard InChI is InChI=1S/C14H13ClN2O2/c1-17-12(3-2-4-13(17)18)14(19)16-9-10-5-7-11(15)8-6-10/h2-8H,9H2,1H3,(H,16,19). The van der Waals surface area contributed by atoms with Crippen LogP contribution in [0, 0.1) is 0 Å². The van der Waals surface area contributed by atoms with Gasteiger partial charge in [-0.25, -0.2) is 0 Å². The Morgan fingerprint density at radius 3 is 2.58 bits per heavy atom. The summed E-state index contributed by atoms with van der Waals surface area (Å²) < 4.78 is 1.32. The maximum Gasteiger partial charge on any atom is 0.268 e. The average Bonchev–Trinajstić information content (AvgIpc) is 2.41. The molecule has 0 atom stereocenters. The van der Waals surface area contributed by atoms with Crippen LogP contribution in [0.2, 0.25) is 5.02 Å². The maximum atomic E-state index is 12.0. The Bertz CT molecular complexity index is 647. The number of amides is 1. The highest BCUT2D eigenvalue weighted by Gasteiger charge is 2.08. The first-order valence-electron chi connectivity index (χ1n) is 5.76. The van der Waals surface area contributed by atoms with Gasteiger partial charge >= 0.3 is 0 Å². The van der Waals surface area contributed by atoms with Crippen LogP contribution in [0.5, 0.6) is 0 Å². The molecule has 0 aliphatic heterocycles. The van der Waals surface area contributed by atoms with E-state index in [1.54, 1.807) is 31.3 Å². The summed E-state index contributed by atoms with van der Waals surface area (Å²) in [6.07, 6.45) is 0. The van der Waals surface area contributed by atoms with Crippen molar-refractivity contribution in [2.45, 2.75) is 6.54 Å². The molecular weight excluding hydrogens is 264 g/mol. The number of nitrogens with one attached hydrogen (secondary N) is 1. The van der Waals surface area contributed by atoms with Gasteiger partial charge in [0.25, 0.3) is 11.5 Å². The van der Waals surface area contributed by atoms with Gasteiger partial charge in [-0.05, 0) is 23.8 Å². The summed E-state index contributed by atoms with van der Waals surface area (Å²) >= 11 is 5.78. The van der Waals surface area contributed by atoms with Gasteiger partial charge in [0.15, 0.2) is 0 Å². The molecule has 1 aromatic heterocycles. The second-order valence-corrected chi connectivity index (χ2v) is 4.55. The number of rotatable bonds is 3. The number of hydrogen-bond donors (Lipinski definition) is 1. The zero-order valence-corrected chi connectivity index (χ0v) is 11.1. The van der Waals surface area contributed by atoms with Crippen molar-refractivity contribution in [1.82, 2.24) is 9.88 Å². The van der Waals surface area contributed by atoms with Crippen molar-refractivity contribution in [1.29, 1.82) is 0 Å². The molecule has 4 nitrogen and oxygen atoms in total. The molecule has 0 spiro atoms. The molecule has 1 N–H and O–H groups in total. The number of halogens is 1. The first-order chi connectivity index (χ1) is 9.08. The van der Waals surface area contributed by atoms with Crippen molar-refractivity contribution in [2.75, 3.05) is 0 Å². The Morgan fingerprint density at radius 2 is 1.89 bits per heavy atom. The lowest BCUT2D eigenvalue weighted by Crippen LogP contribution is -2.30. The normalized spacial score (nSPS) is 10.2. The molecule has 0 aliphatic rings. The second-order valence-electron chi connectivity index (χ2n) is 4.12. The first kappa shape index (κ1) is 13.4. The van der Waals surface area contributed by atoms with E-state index in [1.807, 2.05) is 12.1 Å². The fraction of sp³-hybridized carbons (Fsp3) is 0.143. The zero-order valence-electron chi connectivity index (χ0n) is 10.4. The van der Waals surface area contributed by atoms with Gasteiger partial charge in [0.1, 0.15) is 5.69 Å².